The molecular weight excluding hydrogens is 372 g/mol. The summed E-state index contributed by atoms with van der Waals surface area (Å²) in [6.07, 6.45) is 0. The molecule has 0 saturated carbocycles. The van der Waals surface area contributed by atoms with Crippen LogP contribution in [-0.4, -0.2) is 0 Å². The highest BCUT2D eigenvalue weighted by Crippen LogP contribution is 2.28. The number of rotatable bonds is 3. The van der Waals surface area contributed by atoms with E-state index in [4.69, 9.17) is 11.6 Å². The number of hydrogen-bond donors (Lipinski definition) is 1. The van der Waals surface area contributed by atoms with E-state index in [1.165, 1.54) is 23.5 Å². The molecule has 0 fully saturated rings. The van der Waals surface area contributed by atoms with Crippen LogP contribution in [0.25, 0.3) is 0 Å². The van der Waals surface area contributed by atoms with Crippen molar-refractivity contribution in [2.75, 3.05) is 5.32 Å². The van der Waals surface area contributed by atoms with Gasteiger partial charge in [0.1, 0.15) is 5.82 Å². The second-order valence-corrected chi connectivity index (χ2v) is 6.38. The Morgan fingerprint density at radius 1 is 1.41 bits per heavy atom. The van der Waals surface area contributed by atoms with Crippen molar-refractivity contribution in [1.82, 2.24) is 0 Å². The fraction of sp³-hybridized carbons (Fsp3) is 0.167. The van der Waals surface area contributed by atoms with Gasteiger partial charge in [-0.2, -0.15) is 0 Å². The van der Waals surface area contributed by atoms with Crippen LogP contribution in [0.15, 0.2) is 29.6 Å². The van der Waals surface area contributed by atoms with E-state index in [-0.39, 0.29) is 11.9 Å². The smallest absolute Gasteiger partial charge is 0.124 e. The summed E-state index contributed by atoms with van der Waals surface area (Å²) in [4.78, 5) is 0. The third kappa shape index (κ3) is 3.33. The lowest BCUT2D eigenvalue weighted by molar-refractivity contribution is 0.627. The number of nitrogens with one attached hydrogen (secondary N) is 1. The van der Waals surface area contributed by atoms with E-state index < -0.39 is 0 Å². The van der Waals surface area contributed by atoms with E-state index in [9.17, 15) is 4.39 Å². The molecule has 0 aliphatic heterocycles. The Labute approximate surface area is 122 Å². The predicted molar refractivity (Wildman–Crippen MR) is 80.5 cm³/mol. The first-order valence-electron chi connectivity index (χ1n) is 5.02. The van der Waals surface area contributed by atoms with Gasteiger partial charge in [-0.3, -0.25) is 0 Å². The Kier molecular flexibility index (Phi) is 4.27. The van der Waals surface area contributed by atoms with E-state index in [0.29, 0.717) is 0 Å². The molecular formula is C12H10ClFINS. The van der Waals surface area contributed by atoms with Crippen LogP contribution in [0.5, 0.6) is 0 Å². The maximum Gasteiger partial charge on any atom is 0.124 e. The van der Waals surface area contributed by atoms with Gasteiger partial charge in [0.2, 0.25) is 0 Å². The number of anilines is 1. The molecule has 0 amide bonds. The normalized spacial score (nSPS) is 12.5. The first kappa shape index (κ1) is 13.1. The van der Waals surface area contributed by atoms with Gasteiger partial charge < -0.3 is 5.32 Å². The van der Waals surface area contributed by atoms with E-state index in [2.05, 4.69) is 34.8 Å². The third-order valence-corrected chi connectivity index (χ3v) is 4.39. The molecule has 1 aromatic carbocycles. The molecule has 1 atom stereocenters. The van der Waals surface area contributed by atoms with E-state index in [1.54, 1.807) is 6.07 Å². The molecule has 1 N–H and O–H groups in total. The van der Waals surface area contributed by atoms with Crippen molar-refractivity contribution in [3.8, 4) is 0 Å². The Balaban J connectivity index is 2.15. The molecule has 0 bridgehead atoms. The third-order valence-electron chi connectivity index (χ3n) is 2.39. The summed E-state index contributed by atoms with van der Waals surface area (Å²) in [5, 5.41) is 5.37. The van der Waals surface area contributed by atoms with E-state index in [0.717, 1.165) is 19.2 Å². The minimum absolute atomic E-state index is 0.151. The Morgan fingerprint density at radius 2 is 2.18 bits per heavy atom. The summed E-state index contributed by atoms with van der Waals surface area (Å²) in [5.41, 5.74) is 2.07. The molecule has 0 saturated heterocycles. The molecule has 2 aromatic rings. The minimum atomic E-state index is -0.216. The fourth-order valence-corrected chi connectivity index (χ4v) is 3.09. The molecule has 1 heterocycles. The van der Waals surface area contributed by atoms with Gasteiger partial charge in [0.05, 0.1) is 4.34 Å². The van der Waals surface area contributed by atoms with Crippen molar-refractivity contribution in [2.45, 2.75) is 13.0 Å². The lowest BCUT2D eigenvalue weighted by Crippen LogP contribution is -2.06. The molecule has 1 aromatic heterocycles. The second-order valence-electron chi connectivity index (χ2n) is 3.67. The zero-order valence-electron chi connectivity index (χ0n) is 9.01. The quantitative estimate of drug-likeness (QED) is 0.710. The van der Waals surface area contributed by atoms with Crippen molar-refractivity contribution < 1.29 is 4.39 Å². The zero-order valence-corrected chi connectivity index (χ0v) is 12.7. The lowest BCUT2D eigenvalue weighted by Gasteiger charge is -2.15. The van der Waals surface area contributed by atoms with Crippen LogP contribution in [0, 0.1) is 9.39 Å². The van der Waals surface area contributed by atoms with Crippen LogP contribution in [0.4, 0.5) is 10.1 Å². The zero-order chi connectivity index (χ0) is 12.4. The molecule has 0 aliphatic rings. The molecule has 2 rings (SSSR count). The van der Waals surface area contributed by atoms with Gasteiger partial charge in [0.25, 0.3) is 0 Å². The summed E-state index contributed by atoms with van der Waals surface area (Å²) in [6, 6.07) is 6.81. The number of hydrogen-bond acceptors (Lipinski definition) is 2. The maximum absolute atomic E-state index is 13.0. The fourth-order valence-electron chi connectivity index (χ4n) is 1.47. The Morgan fingerprint density at radius 3 is 2.76 bits per heavy atom. The SMILES string of the molecule is CC(Nc1ccc(F)cc1I)c1csc(Cl)c1. The van der Waals surface area contributed by atoms with Gasteiger partial charge in [-0.05, 0) is 64.7 Å². The molecule has 5 heteroatoms. The summed E-state index contributed by atoms with van der Waals surface area (Å²) in [5.74, 6) is -0.216. The topological polar surface area (TPSA) is 12.0 Å². The highest BCUT2D eigenvalue weighted by Gasteiger charge is 2.09. The van der Waals surface area contributed by atoms with Crippen molar-refractivity contribution in [3.63, 3.8) is 0 Å². The van der Waals surface area contributed by atoms with Crippen molar-refractivity contribution >= 4 is 51.2 Å². The number of benzene rings is 1. The summed E-state index contributed by atoms with van der Waals surface area (Å²) >= 11 is 9.53. The van der Waals surface area contributed by atoms with Crippen LogP contribution in [0.2, 0.25) is 4.34 Å². The molecule has 0 spiro atoms. The van der Waals surface area contributed by atoms with Gasteiger partial charge in [-0.1, -0.05) is 11.6 Å². The minimum Gasteiger partial charge on any atom is -0.378 e. The van der Waals surface area contributed by atoms with Gasteiger partial charge >= 0.3 is 0 Å². The monoisotopic (exact) mass is 381 g/mol. The molecule has 90 valence electrons. The second kappa shape index (κ2) is 5.54. The average Bonchev–Trinajstić information content (AvgIpc) is 2.69. The first-order valence-corrected chi connectivity index (χ1v) is 7.35. The molecule has 1 unspecified atom stereocenters. The van der Waals surface area contributed by atoms with Crippen molar-refractivity contribution in [3.05, 3.63) is 48.9 Å². The van der Waals surface area contributed by atoms with Crippen LogP contribution in [-0.2, 0) is 0 Å². The van der Waals surface area contributed by atoms with Crippen LogP contribution in [0.3, 0.4) is 0 Å². The Hall–Kier alpha value is -0.330. The molecule has 0 radical (unpaired) electrons. The highest BCUT2D eigenvalue weighted by molar-refractivity contribution is 14.1. The van der Waals surface area contributed by atoms with Gasteiger partial charge in [-0.15, -0.1) is 11.3 Å². The van der Waals surface area contributed by atoms with E-state index >= 15 is 0 Å². The summed E-state index contributed by atoms with van der Waals surface area (Å²) < 4.78 is 14.6. The number of halogens is 3. The predicted octanol–water partition coefficient (Wildman–Crippen LogP) is 5.32. The van der Waals surface area contributed by atoms with Gasteiger partial charge in [0, 0.05) is 15.3 Å². The highest BCUT2D eigenvalue weighted by atomic mass is 127. The van der Waals surface area contributed by atoms with Gasteiger partial charge in [-0.25, -0.2) is 4.39 Å². The molecule has 17 heavy (non-hydrogen) atoms. The van der Waals surface area contributed by atoms with Gasteiger partial charge in [0.15, 0.2) is 0 Å². The van der Waals surface area contributed by atoms with Crippen LogP contribution in [0.1, 0.15) is 18.5 Å². The van der Waals surface area contributed by atoms with Crippen LogP contribution >= 0.6 is 45.5 Å². The standard InChI is InChI=1S/C12H10ClFINS/c1-7(8-4-12(13)17-6-8)16-11-3-2-9(14)5-10(11)15/h2-7,16H,1H3. The Bertz CT molecular complexity index is 529. The van der Waals surface area contributed by atoms with Crippen molar-refractivity contribution in [1.29, 1.82) is 0 Å². The van der Waals surface area contributed by atoms with Crippen LogP contribution < -0.4 is 5.32 Å². The average molecular weight is 382 g/mol. The summed E-state index contributed by atoms with van der Waals surface area (Å²) in [7, 11) is 0. The lowest BCUT2D eigenvalue weighted by atomic mass is 10.1. The molecule has 1 nitrogen and oxygen atoms in total. The largest absolute Gasteiger partial charge is 0.378 e. The van der Waals surface area contributed by atoms with E-state index in [1.807, 2.05) is 11.4 Å². The maximum atomic E-state index is 13.0. The number of thiophene rings is 1. The first-order chi connectivity index (χ1) is 8.06. The molecule has 0 aliphatic carbocycles. The summed E-state index contributed by atoms with van der Waals surface area (Å²) in [6.45, 7) is 2.05. The van der Waals surface area contributed by atoms with Crippen molar-refractivity contribution in [2.24, 2.45) is 0 Å².